The number of hydrogen-bond donors (Lipinski definition) is 1. The summed E-state index contributed by atoms with van der Waals surface area (Å²) in [5.74, 6) is -0.303. The highest BCUT2D eigenvalue weighted by atomic mass is 35.5. The van der Waals surface area contributed by atoms with E-state index in [0.29, 0.717) is 19.8 Å². The van der Waals surface area contributed by atoms with Gasteiger partial charge in [-0.1, -0.05) is 11.6 Å². The molecule has 1 unspecified atom stereocenters. The van der Waals surface area contributed by atoms with Crippen LogP contribution >= 0.6 is 11.6 Å². The van der Waals surface area contributed by atoms with Crippen LogP contribution in [0.1, 0.15) is 16.9 Å². The highest BCUT2D eigenvalue weighted by Crippen LogP contribution is 2.21. The van der Waals surface area contributed by atoms with Gasteiger partial charge in [-0.15, -0.1) is 10.2 Å². The Kier molecular flexibility index (Phi) is 4.11. The number of ether oxygens (including phenoxy) is 2. The number of hydrogen-bond acceptors (Lipinski definition) is 5. The summed E-state index contributed by atoms with van der Waals surface area (Å²) in [6.45, 7) is 1.51. The van der Waals surface area contributed by atoms with Crippen molar-refractivity contribution in [1.82, 2.24) is 15.5 Å². The average molecular weight is 272 g/mol. The number of halogens is 1. The van der Waals surface area contributed by atoms with Crippen molar-refractivity contribution >= 4 is 17.5 Å². The minimum atomic E-state index is -0.435. The summed E-state index contributed by atoms with van der Waals surface area (Å²) in [4.78, 5) is 11.8. The Morgan fingerprint density at radius 3 is 3.00 bits per heavy atom. The van der Waals surface area contributed by atoms with Gasteiger partial charge in [0.05, 0.1) is 6.61 Å². The molecule has 1 aromatic rings. The Bertz CT molecular complexity index is 418. The standard InChI is InChI=1S/C11H14ClN3O3/c1-17-11(4-5-18-7-11)6-13-10(16)8-2-3-9(12)15-14-8/h2-3H,4-7H2,1H3,(H,13,16). The molecule has 1 aliphatic rings. The number of nitrogens with one attached hydrogen (secondary N) is 1. The summed E-state index contributed by atoms with van der Waals surface area (Å²) in [5.41, 5.74) is -0.209. The molecule has 98 valence electrons. The van der Waals surface area contributed by atoms with Crippen LogP contribution in [0.15, 0.2) is 12.1 Å². The lowest BCUT2D eigenvalue weighted by molar-refractivity contribution is -0.0149. The lowest BCUT2D eigenvalue weighted by Gasteiger charge is -2.25. The fourth-order valence-corrected chi connectivity index (χ4v) is 1.83. The van der Waals surface area contributed by atoms with Crippen LogP contribution in [0.4, 0.5) is 0 Å². The molecule has 6 nitrogen and oxygen atoms in total. The molecule has 18 heavy (non-hydrogen) atoms. The summed E-state index contributed by atoms with van der Waals surface area (Å²) in [6.07, 6.45) is 0.760. The van der Waals surface area contributed by atoms with E-state index in [-0.39, 0.29) is 16.8 Å². The van der Waals surface area contributed by atoms with Gasteiger partial charge in [0.15, 0.2) is 10.8 Å². The second-order valence-corrected chi connectivity index (χ2v) is 4.50. The maximum Gasteiger partial charge on any atom is 0.271 e. The van der Waals surface area contributed by atoms with E-state index in [2.05, 4.69) is 15.5 Å². The predicted molar refractivity (Wildman–Crippen MR) is 64.6 cm³/mol. The SMILES string of the molecule is COC1(CNC(=O)c2ccc(Cl)nn2)CCOC1. The van der Waals surface area contributed by atoms with Gasteiger partial charge >= 0.3 is 0 Å². The van der Waals surface area contributed by atoms with E-state index in [9.17, 15) is 4.79 Å². The van der Waals surface area contributed by atoms with Gasteiger partial charge in [-0.25, -0.2) is 0 Å². The molecular weight excluding hydrogens is 258 g/mol. The molecule has 0 radical (unpaired) electrons. The molecule has 2 rings (SSSR count). The average Bonchev–Trinajstić information content (AvgIpc) is 2.86. The normalized spacial score (nSPS) is 23.0. The molecule has 1 saturated heterocycles. The van der Waals surface area contributed by atoms with Crippen molar-refractivity contribution in [2.24, 2.45) is 0 Å². The van der Waals surface area contributed by atoms with E-state index in [4.69, 9.17) is 21.1 Å². The van der Waals surface area contributed by atoms with Crippen LogP contribution in [0.3, 0.4) is 0 Å². The number of carbonyl (C=O) groups is 1. The van der Waals surface area contributed by atoms with E-state index in [1.165, 1.54) is 12.1 Å². The van der Waals surface area contributed by atoms with Crippen LogP contribution < -0.4 is 5.32 Å². The Balaban J connectivity index is 1.93. The molecule has 1 aliphatic heterocycles. The molecular formula is C11H14ClN3O3. The summed E-state index contributed by atoms with van der Waals surface area (Å²) < 4.78 is 10.7. The lowest BCUT2D eigenvalue weighted by Crippen LogP contribution is -2.45. The van der Waals surface area contributed by atoms with Crippen molar-refractivity contribution in [3.63, 3.8) is 0 Å². The molecule has 1 amide bonds. The number of carbonyl (C=O) groups excluding carboxylic acids is 1. The van der Waals surface area contributed by atoms with Crippen LogP contribution in [0.25, 0.3) is 0 Å². The predicted octanol–water partition coefficient (Wildman–Crippen LogP) is 0.665. The first kappa shape index (κ1) is 13.2. The third-order valence-corrected chi connectivity index (χ3v) is 3.14. The van der Waals surface area contributed by atoms with Crippen molar-refractivity contribution < 1.29 is 14.3 Å². The maximum atomic E-state index is 11.8. The summed E-state index contributed by atoms with van der Waals surface area (Å²) in [6, 6.07) is 3.05. The molecule has 1 aromatic heterocycles. The highest BCUT2D eigenvalue weighted by Gasteiger charge is 2.35. The number of methoxy groups -OCH3 is 1. The molecule has 0 spiro atoms. The van der Waals surface area contributed by atoms with Crippen LogP contribution in [-0.4, -0.2) is 48.6 Å². The fourth-order valence-electron chi connectivity index (χ4n) is 1.73. The van der Waals surface area contributed by atoms with E-state index in [1.807, 2.05) is 0 Å². The topological polar surface area (TPSA) is 73.3 Å². The van der Waals surface area contributed by atoms with Gasteiger partial charge in [0, 0.05) is 26.7 Å². The fraction of sp³-hybridized carbons (Fsp3) is 0.545. The maximum absolute atomic E-state index is 11.8. The summed E-state index contributed by atoms with van der Waals surface area (Å²) >= 11 is 5.60. The van der Waals surface area contributed by atoms with Crippen LogP contribution in [0, 0.1) is 0 Å². The van der Waals surface area contributed by atoms with Gasteiger partial charge in [0.1, 0.15) is 5.60 Å². The van der Waals surface area contributed by atoms with Gasteiger partial charge in [-0.3, -0.25) is 4.79 Å². The van der Waals surface area contributed by atoms with Gasteiger partial charge in [0.25, 0.3) is 5.91 Å². The number of aromatic nitrogens is 2. The molecule has 0 bridgehead atoms. The minimum absolute atomic E-state index is 0.226. The first-order valence-electron chi connectivity index (χ1n) is 5.55. The largest absolute Gasteiger partial charge is 0.378 e. The van der Waals surface area contributed by atoms with Gasteiger partial charge in [0.2, 0.25) is 0 Å². The third kappa shape index (κ3) is 2.95. The van der Waals surface area contributed by atoms with Crippen molar-refractivity contribution in [3.8, 4) is 0 Å². The van der Waals surface area contributed by atoms with Crippen LogP contribution in [-0.2, 0) is 9.47 Å². The Morgan fingerprint density at radius 2 is 2.44 bits per heavy atom. The lowest BCUT2D eigenvalue weighted by atomic mass is 10.0. The quantitative estimate of drug-likeness (QED) is 0.871. The van der Waals surface area contributed by atoms with Crippen LogP contribution in [0.5, 0.6) is 0 Å². The number of nitrogens with zero attached hydrogens (tertiary/aromatic N) is 2. The van der Waals surface area contributed by atoms with Crippen LogP contribution in [0.2, 0.25) is 5.15 Å². The van der Waals surface area contributed by atoms with Gasteiger partial charge < -0.3 is 14.8 Å². The van der Waals surface area contributed by atoms with E-state index < -0.39 is 5.60 Å². The molecule has 1 N–H and O–H groups in total. The summed E-state index contributed by atoms with van der Waals surface area (Å²) in [5, 5.41) is 10.3. The minimum Gasteiger partial charge on any atom is -0.378 e. The Morgan fingerprint density at radius 1 is 1.61 bits per heavy atom. The Hall–Kier alpha value is -1.24. The van der Waals surface area contributed by atoms with Crippen molar-refractivity contribution in [2.75, 3.05) is 26.9 Å². The second kappa shape index (κ2) is 5.60. The highest BCUT2D eigenvalue weighted by molar-refractivity contribution is 6.29. The van der Waals surface area contributed by atoms with E-state index in [1.54, 1.807) is 7.11 Å². The van der Waals surface area contributed by atoms with Gasteiger partial charge in [-0.05, 0) is 12.1 Å². The monoisotopic (exact) mass is 271 g/mol. The van der Waals surface area contributed by atoms with Crippen molar-refractivity contribution in [2.45, 2.75) is 12.0 Å². The van der Waals surface area contributed by atoms with Crippen molar-refractivity contribution in [1.29, 1.82) is 0 Å². The zero-order valence-electron chi connectivity index (χ0n) is 9.98. The molecule has 2 heterocycles. The van der Waals surface area contributed by atoms with E-state index >= 15 is 0 Å². The first-order valence-corrected chi connectivity index (χ1v) is 5.93. The summed E-state index contributed by atoms with van der Waals surface area (Å²) in [7, 11) is 1.61. The van der Waals surface area contributed by atoms with Crippen molar-refractivity contribution in [3.05, 3.63) is 23.0 Å². The number of amides is 1. The Labute approximate surface area is 110 Å². The smallest absolute Gasteiger partial charge is 0.271 e. The first-order chi connectivity index (χ1) is 8.65. The molecule has 7 heteroatoms. The third-order valence-electron chi connectivity index (χ3n) is 2.94. The molecule has 1 atom stereocenters. The molecule has 1 fully saturated rings. The van der Waals surface area contributed by atoms with E-state index in [0.717, 1.165) is 6.42 Å². The zero-order valence-corrected chi connectivity index (χ0v) is 10.7. The second-order valence-electron chi connectivity index (χ2n) is 4.11. The molecule has 0 saturated carbocycles. The molecule has 0 aromatic carbocycles. The zero-order chi connectivity index (χ0) is 13.0. The van der Waals surface area contributed by atoms with Gasteiger partial charge in [-0.2, -0.15) is 0 Å². The molecule has 0 aliphatic carbocycles. The number of rotatable bonds is 4.